The lowest BCUT2D eigenvalue weighted by Gasteiger charge is -2.02. The summed E-state index contributed by atoms with van der Waals surface area (Å²) in [6, 6.07) is 12.7. The molecular formula is C17H14FN3O2. The number of para-hydroxylation sites is 2. The molecule has 0 radical (unpaired) electrons. The number of fused-ring (bicyclic) bond motifs is 1. The highest BCUT2D eigenvalue weighted by Gasteiger charge is 2.11. The smallest absolute Gasteiger partial charge is 0.227 e. The fraction of sp³-hybridized carbons (Fsp3) is 0.118. The molecule has 2 aromatic carbocycles. The molecule has 3 rings (SSSR count). The van der Waals surface area contributed by atoms with Gasteiger partial charge in [-0.25, -0.2) is 9.37 Å². The largest absolute Gasteiger partial charge is 0.324 e. The standard InChI is InChI=1S/C17H14FN3O2/c18-12-7-5-11(6-8-12)15(22)9-10-16(23)21-17-19-13-3-1-2-4-14(13)20-17/h1-8H,9-10H2,(H2,19,20,21,23). The number of carbonyl (C=O) groups is 2. The molecule has 0 spiro atoms. The summed E-state index contributed by atoms with van der Waals surface area (Å²) in [5.74, 6) is -0.557. The molecule has 0 atom stereocenters. The van der Waals surface area contributed by atoms with Crippen molar-refractivity contribution in [2.24, 2.45) is 0 Å². The fourth-order valence-corrected chi connectivity index (χ4v) is 2.21. The summed E-state index contributed by atoms with van der Waals surface area (Å²) in [5.41, 5.74) is 1.97. The van der Waals surface area contributed by atoms with Gasteiger partial charge in [-0.3, -0.25) is 14.9 Å². The molecule has 1 heterocycles. The van der Waals surface area contributed by atoms with Gasteiger partial charge in [-0.1, -0.05) is 12.1 Å². The third kappa shape index (κ3) is 3.60. The number of anilines is 1. The number of halogens is 1. The zero-order valence-corrected chi connectivity index (χ0v) is 12.2. The highest BCUT2D eigenvalue weighted by atomic mass is 19.1. The van der Waals surface area contributed by atoms with Gasteiger partial charge in [0.25, 0.3) is 0 Å². The van der Waals surface area contributed by atoms with Gasteiger partial charge in [-0.2, -0.15) is 0 Å². The maximum atomic E-state index is 12.8. The predicted molar refractivity (Wildman–Crippen MR) is 84.7 cm³/mol. The van der Waals surface area contributed by atoms with Gasteiger partial charge < -0.3 is 4.98 Å². The van der Waals surface area contributed by atoms with Crippen molar-refractivity contribution in [1.82, 2.24) is 9.97 Å². The quantitative estimate of drug-likeness (QED) is 0.710. The molecule has 23 heavy (non-hydrogen) atoms. The van der Waals surface area contributed by atoms with Crippen LogP contribution in [0.2, 0.25) is 0 Å². The Balaban J connectivity index is 1.56. The number of aromatic nitrogens is 2. The molecule has 0 bridgehead atoms. The summed E-state index contributed by atoms with van der Waals surface area (Å²) in [4.78, 5) is 31.0. The zero-order chi connectivity index (χ0) is 16.2. The van der Waals surface area contributed by atoms with E-state index in [-0.39, 0.29) is 24.5 Å². The summed E-state index contributed by atoms with van der Waals surface area (Å²) < 4.78 is 12.8. The van der Waals surface area contributed by atoms with Gasteiger partial charge >= 0.3 is 0 Å². The van der Waals surface area contributed by atoms with Gasteiger partial charge in [0.15, 0.2) is 5.78 Å². The number of hydrogen-bond donors (Lipinski definition) is 2. The normalized spacial score (nSPS) is 10.7. The van der Waals surface area contributed by atoms with Crippen LogP contribution in [-0.4, -0.2) is 21.7 Å². The van der Waals surface area contributed by atoms with E-state index in [1.807, 2.05) is 24.3 Å². The van der Waals surface area contributed by atoms with Crippen LogP contribution >= 0.6 is 0 Å². The molecule has 0 aliphatic carbocycles. The molecule has 0 unspecified atom stereocenters. The van der Waals surface area contributed by atoms with Gasteiger partial charge in [0, 0.05) is 18.4 Å². The number of nitrogens with zero attached hydrogens (tertiary/aromatic N) is 1. The molecule has 1 amide bonds. The number of nitrogens with one attached hydrogen (secondary N) is 2. The number of ketones is 1. The number of carbonyl (C=O) groups excluding carboxylic acids is 2. The van der Waals surface area contributed by atoms with E-state index in [1.165, 1.54) is 24.3 Å². The van der Waals surface area contributed by atoms with Crippen LogP contribution in [0.4, 0.5) is 10.3 Å². The molecule has 0 saturated heterocycles. The Morgan fingerprint density at radius 3 is 2.52 bits per heavy atom. The van der Waals surface area contributed by atoms with Gasteiger partial charge in [0.05, 0.1) is 11.0 Å². The van der Waals surface area contributed by atoms with Crippen LogP contribution in [0.15, 0.2) is 48.5 Å². The van der Waals surface area contributed by atoms with Crippen molar-refractivity contribution < 1.29 is 14.0 Å². The molecule has 0 fully saturated rings. The van der Waals surface area contributed by atoms with Crippen molar-refractivity contribution in [3.8, 4) is 0 Å². The summed E-state index contributed by atoms with van der Waals surface area (Å²) >= 11 is 0. The Kier molecular flexibility index (Phi) is 4.14. The Bertz CT molecular complexity index is 823. The maximum absolute atomic E-state index is 12.8. The lowest BCUT2D eigenvalue weighted by atomic mass is 10.1. The van der Waals surface area contributed by atoms with Gasteiger partial charge in [0.2, 0.25) is 11.9 Å². The zero-order valence-electron chi connectivity index (χ0n) is 12.2. The molecule has 6 heteroatoms. The Morgan fingerprint density at radius 1 is 1.04 bits per heavy atom. The second-order valence-electron chi connectivity index (χ2n) is 5.08. The molecule has 0 aliphatic heterocycles. The average molecular weight is 311 g/mol. The summed E-state index contributed by atoms with van der Waals surface area (Å²) in [6.45, 7) is 0. The minimum Gasteiger partial charge on any atom is -0.324 e. The highest BCUT2D eigenvalue weighted by Crippen LogP contribution is 2.14. The molecule has 5 nitrogen and oxygen atoms in total. The Hall–Kier alpha value is -3.02. The van der Waals surface area contributed by atoms with Crippen molar-refractivity contribution in [3.63, 3.8) is 0 Å². The van der Waals surface area contributed by atoms with Crippen molar-refractivity contribution >= 4 is 28.7 Å². The van der Waals surface area contributed by atoms with E-state index < -0.39 is 5.82 Å². The van der Waals surface area contributed by atoms with Crippen LogP contribution in [0.5, 0.6) is 0 Å². The minimum absolute atomic E-state index is 0.0350. The summed E-state index contributed by atoms with van der Waals surface area (Å²) in [5, 5.41) is 2.63. The molecule has 0 saturated carbocycles. The van der Waals surface area contributed by atoms with E-state index in [0.29, 0.717) is 11.5 Å². The first-order valence-electron chi connectivity index (χ1n) is 7.15. The number of aromatic amines is 1. The number of H-pyrrole nitrogens is 1. The van der Waals surface area contributed by atoms with Gasteiger partial charge in [0.1, 0.15) is 5.82 Å². The number of imidazole rings is 1. The fourth-order valence-electron chi connectivity index (χ4n) is 2.21. The monoisotopic (exact) mass is 311 g/mol. The van der Waals surface area contributed by atoms with Crippen molar-refractivity contribution in [2.75, 3.05) is 5.32 Å². The van der Waals surface area contributed by atoms with E-state index in [4.69, 9.17) is 0 Å². The third-order valence-corrected chi connectivity index (χ3v) is 3.39. The van der Waals surface area contributed by atoms with Crippen LogP contribution in [0.3, 0.4) is 0 Å². The van der Waals surface area contributed by atoms with Gasteiger partial charge in [-0.15, -0.1) is 0 Å². The Labute approximate surface area is 131 Å². The molecule has 0 aliphatic rings. The summed E-state index contributed by atoms with van der Waals surface area (Å²) in [6.07, 6.45) is 0.0882. The van der Waals surface area contributed by atoms with Crippen molar-refractivity contribution in [2.45, 2.75) is 12.8 Å². The van der Waals surface area contributed by atoms with Gasteiger partial charge in [-0.05, 0) is 36.4 Å². The first-order valence-corrected chi connectivity index (χ1v) is 7.15. The van der Waals surface area contributed by atoms with Crippen molar-refractivity contribution in [1.29, 1.82) is 0 Å². The molecule has 116 valence electrons. The molecular weight excluding hydrogens is 297 g/mol. The first-order chi connectivity index (χ1) is 11.1. The number of benzene rings is 2. The Morgan fingerprint density at radius 2 is 1.78 bits per heavy atom. The van der Waals surface area contributed by atoms with Crippen LogP contribution in [0.25, 0.3) is 11.0 Å². The summed E-state index contributed by atoms with van der Waals surface area (Å²) in [7, 11) is 0. The van der Waals surface area contributed by atoms with E-state index >= 15 is 0 Å². The van der Waals surface area contributed by atoms with Crippen LogP contribution < -0.4 is 5.32 Å². The first kappa shape index (κ1) is 14.9. The van der Waals surface area contributed by atoms with E-state index in [9.17, 15) is 14.0 Å². The number of Topliss-reactive ketones (excluding diaryl/α,β-unsaturated/α-hetero) is 1. The van der Waals surface area contributed by atoms with E-state index in [0.717, 1.165) is 11.0 Å². The minimum atomic E-state index is -0.399. The van der Waals surface area contributed by atoms with Crippen LogP contribution in [-0.2, 0) is 4.79 Å². The van der Waals surface area contributed by atoms with Crippen molar-refractivity contribution in [3.05, 3.63) is 59.9 Å². The SMILES string of the molecule is O=C(CCC(=O)c1ccc(F)cc1)Nc1nc2ccccc2[nH]1. The molecule has 2 N–H and O–H groups in total. The second kappa shape index (κ2) is 6.39. The second-order valence-corrected chi connectivity index (χ2v) is 5.08. The van der Waals surface area contributed by atoms with Crippen LogP contribution in [0.1, 0.15) is 23.2 Å². The van der Waals surface area contributed by atoms with Crippen LogP contribution in [0, 0.1) is 5.82 Å². The number of amides is 1. The average Bonchev–Trinajstić information content (AvgIpc) is 2.95. The maximum Gasteiger partial charge on any atom is 0.227 e. The number of hydrogen-bond acceptors (Lipinski definition) is 3. The molecule has 3 aromatic rings. The predicted octanol–water partition coefficient (Wildman–Crippen LogP) is 3.30. The lowest BCUT2D eigenvalue weighted by molar-refractivity contribution is -0.116. The third-order valence-electron chi connectivity index (χ3n) is 3.39. The highest BCUT2D eigenvalue weighted by molar-refractivity contribution is 5.99. The number of rotatable bonds is 5. The topological polar surface area (TPSA) is 74.8 Å². The van der Waals surface area contributed by atoms with E-state index in [2.05, 4.69) is 15.3 Å². The van der Waals surface area contributed by atoms with E-state index in [1.54, 1.807) is 0 Å². The lowest BCUT2D eigenvalue weighted by Crippen LogP contribution is -2.14. The molecule has 1 aromatic heterocycles.